The topological polar surface area (TPSA) is 49.8 Å². The molecule has 4 nitrogen and oxygen atoms in total. The van der Waals surface area contributed by atoms with Gasteiger partial charge in [-0.15, -0.1) is 0 Å². The van der Waals surface area contributed by atoms with Crippen LogP contribution in [0.25, 0.3) is 0 Å². The van der Waals surface area contributed by atoms with Crippen molar-refractivity contribution in [1.82, 2.24) is 4.90 Å². The van der Waals surface area contributed by atoms with Crippen LogP contribution in [0.1, 0.15) is 19.8 Å². The van der Waals surface area contributed by atoms with Gasteiger partial charge in [-0.25, -0.2) is 0 Å². The zero-order chi connectivity index (χ0) is 9.68. The number of hydrogen-bond donors (Lipinski definition) is 1. The Hall–Kier alpha value is -0.610. The number of aliphatic hydroxyl groups is 1. The molecule has 1 atom stereocenters. The summed E-state index contributed by atoms with van der Waals surface area (Å²) in [6.45, 7) is 3.82. The van der Waals surface area contributed by atoms with Gasteiger partial charge in [0, 0.05) is 0 Å². The van der Waals surface area contributed by atoms with Crippen molar-refractivity contribution in [1.29, 1.82) is 0 Å². The molecule has 1 unspecified atom stereocenters. The number of hydrogen-bond acceptors (Lipinski definition) is 4. The third-order valence-electron chi connectivity index (χ3n) is 2.37. The number of rotatable bonds is 4. The molecule has 0 bridgehead atoms. The highest BCUT2D eigenvalue weighted by atomic mass is 16.5. The molecule has 0 aromatic carbocycles. The second-order valence-corrected chi connectivity index (χ2v) is 3.31. The molecule has 0 amide bonds. The number of aliphatic hydroxyl groups excluding tert-OH is 1. The number of carbonyl (C=O) groups is 1. The highest BCUT2D eigenvalue weighted by Gasteiger charge is 2.24. The third kappa shape index (κ3) is 2.97. The number of likely N-dealkylation sites (tertiary alicyclic amines) is 1. The summed E-state index contributed by atoms with van der Waals surface area (Å²) in [6.07, 6.45) is 2.33. The number of carbonyl (C=O) groups excluding carboxylic acids is 1. The minimum absolute atomic E-state index is 0.0987. The maximum atomic E-state index is 11.3. The summed E-state index contributed by atoms with van der Waals surface area (Å²) in [6, 6.07) is -0.158. The Morgan fingerprint density at radius 2 is 2.15 bits per heavy atom. The highest BCUT2D eigenvalue weighted by molar-refractivity contribution is 5.75. The third-order valence-corrected chi connectivity index (χ3v) is 2.37. The summed E-state index contributed by atoms with van der Waals surface area (Å²) in [5.74, 6) is -0.226. The molecule has 0 radical (unpaired) electrons. The lowest BCUT2D eigenvalue weighted by molar-refractivity contribution is -0.149. The standard InChI is InChI=1S/C9H17NO3/c1-8(9(12)13-7-6-11)10-4-2-3-5-10/h8,11H,2-7H2,1H3. The lowest BCUT2D eigenvalue weighted by Gasteiger charge is -2.21. The predicted octanol–water partition coefficient (Wildman–Crippen LogP) is 0.00620. The summed E-state index contributed by atoms with van der Waals surface area (Å²) < 4.78 is 4.83. The zero-order valence-corrected chi connectivity index (χ0v) is 8.03. The first-order chi connectivity index (χ1) is 6.25. The number of nitrogens with zero attached hydrogens (tertiary/aromatic N) is 1. The Kier molecular flexibility index (Phi) is 4.18. The fourth-order valence-electron chi connectivity index (χ4n) is 1.54. The van der Waals surface area contributed by atoms with Gasteiger partial charge in [-0.2, -0.15) is 0 Å². The van der Waals surface area contributed by atoms with Gasteiger partial charge in [0.15, 0.2) is 0 Å². The minimum atomic E-state index is -0.226. The molecule has 1 heterocycles. The second kappa shape index (κ2) is 5.19. The first kappa shape index (κ1) is 10.5. The monoisotopic (exact) mass is 187 g/mol. The van der Waals surface area contributed by atoms with Gasteiger partial charge in [0.05, 0.1) is 6.61 Å². The molecule has 4 heteroatoms. The molecule has 1 saturated heterocycles. The predicted molar refractivity (Wildman–Crippen MR) is 48.3 cm³/mol. The van der Waals surface area contributed by atoms with Gasteiger partial charge in [-0.3, -0.25) is 9.69 Å². The van der Waals surface area contributed by atoms with E-state index in [4.69, 9.17) is 9.84 Å². The molecule has 0 saturated carbocycles. The van der Waals surface area contributed by atoms with Gasteiger partial charge < -0.3 is 9.84 Å². The van der Waals surface area contributed by atoms with Crippen molar-refractivity contribution in [3.8, 4) is 0 Å². The van der Waals surface area contributed by atoms with Gasteiger partial charge in [0.2, 0.25) is 0 Å². The van der Waals surface area contributed by atoms with Crippen LogP contribution in [0.5, 0.6) is 0 Å². The van der Waals surface area contributed by atoms with Crippen molar-refractivity contribution in [2.24, 2.45) is 0 Å². The summed E-state index contributed by atoms with van der Waals surface area (Å²) >= 11 is 0. The SMILES string of the molecule is CC(C(=O)OCCO)N1CCCC1. The minimum Gasteiger partial charge on any atom is -0.462 e. The largest absolute Gasteiger partial charge is 0.462 e. The molecule has 0 aliphatic carbocycles. The normalized spacial score (nSPS) is 20.2. The van der Waals surface area contributed by atoms with Crippen LogP contribution in [0.3, 0.4) is 0 Å². The van der Waals surface area contributed by atoms with Crippen molar-refractivity contribution in [3.05, 3.63) is 0 Å². The van der Waals surface area contributed by atoms with Gasteiger partial charge in [-0.05, 0) is 32.9 Å². The van der Waals surface area contributed by atoms with Crippen molar-refractivity contribution in [3.63, 3.8) is 0 Å². The molecule has 1 aliphatic rings. The van der Waals surface area contributed by atoms with Crippen LogP contribution in [0.4, 0.5) is 0 Å². The van der Waals surface area contributed by atoms with Crippen LogP contribution >= 0.6 is 0 Å². The Morgan fingerprint density at radius 3 is 2.69 bits per heavy atom. The van der Waals surface area contributed by atoms with E-state index < -0.39 is 0 Å². The van der Waals surface area contributed by atoms with Gasteiger partial charge >= 0.3 is 5.97 Å². The first-order valence-corrected chi connectivity index (χ1v) is 4.77. The average molecular weight is 187 g/mol. The zero-order valence-electron chi connectivity index (χ0n) is 8.03. The van der Waals surface area contributed by atoms with Crippen molar-refractivity contribution in [2.45, 2.75) is 25.8 Å². The lowest BCUT2D eigenvalue weighted by Crippen LogP contribution is -2.38. The lowest BCUT2D eigenvalue weighted by atomic mass is 10.3. The van der Waals surface area contributed by atoms with E-state index in [1.807, 2.05) is 6.92 Å². The van der Waals surface area contributed by atoms with Gasteiger partial charge in [0.25, 0.3) is 0 Å². The van der Waals surface area contributed by atoms with Crippen LogP contribution < -0.4 is 0 Å². The molecular weight excluding hydrogens is 170 g/mol. The van der Waals surface area contributed by atoms with E-state index in [-0.39, 0.29) is 25.2 Å². The number of esters is 1. The maximum absolute atomic E-state index is 11.3. The molecule has 0 spiro atoms. The van der Waals surface area contributed by atoms with Gasteiger partial charge in [0.1, 0.15) is 12.6 Å². The van der Waals surface area contributed by atoms with Crippen LogP contribution in [0, 0.1) is 0 Å². The Labute approximate surface area is 78.5 Å². The number of ether oxygens (including phenoxy) is 1. The summed E-state index contributed by atoms with van der Waals surface area (Å²) in [5, 5.41) is 8.47. The molecule has 1 fully saturated rings. The van der Waals surface area contributed by atoms with Crippen molar-refractivity contribution < 1.29 is 14.6 Å². The quantitative estimate of drug-likeness (QED) is 0.630. The van der Waals surface area contributed by atoms with Crippen molar-refractivity contribution in [2.75, 3.05) is 26.3 Å². The van der Waals surface area contributed by atoms with Crippen LogP contribution in [-0.4, -0.2) is 48.3 Å². The molecule has 13 heavy (non-hydrogen) atoms. The molecule has 1 aliphatic heterocycles. The molecular formula is C9H17NO3. The molecule has 0 aromatic heterocycles. The van der Waals surface area contributed by atoms with E-state index in [0.29, 0.717) is 0 Å². The fraction of sp³-hybridized carbons (Fsp3) is 0.889. The van der Waals surface area contributed by atoms with E-state index >= 15 is 0 Å². The van der Waals surface area contributed by atoms with Gasteiger partial charge in [-0.1, -0.05) is 0 Å². The van der Waals surface area contributed by atoms with E-state index in [1.54, 1.807) is 0 Å². The smallest absolute Gasteiger partial charge is 0.323 e. The molecule has 1 rings (SSSR count). The van der Waals surface area contributed by atoms with Crippen molar-refractivity contribution >= 4 is 5.97 Å². The Morgan fingerprint density at radius 1 is 1.54 bits per heavy atom. The van der Waals surface area contributed by atoms with Crippen LogP contribution in [0.15, 0.2) is 0 Å². The fourth-order valence-corrected chi connectivity index (χ4v) is 1.54. The summed E-state index contributed by atoms with van der Waals surface area (Å²) in [5.41, 5.74) is 0. The Balaban J connectivity index is 2.28. The average Bonchev–Trinajstić information content (AvgIpc) is 2.65. The van der Waals surface area contributed by atoms with Crippen LogP contribution in [0.2, 0.25) is 0 Å². The van der Waals surface area contributed by atoms with E-state index in [0.717, 1.165) is 25.9 Å². The van der Waals surface area contributed by atoms with Crippen LogP contribution in [-0.2, 0) is 9.53 Å². The molecule has 76 valence electrons. The highest BCUT2D eigenvalue weighted by Crippen LogP contribution is 2.12. The molecule has 1 N–H and O–H groups in total. The Bertz CT molecular complexity index is 166. The first-order valence-electron chi connectivity index (χ1n) is 4.77. The van der Waals surface area contributed by atoms with E-state index in [9.17, 15) is 4.79 Å². The summed E-state index contributed by atoms with van der Waals surface area (Å²) in [4.78, 5) is 13.4. The van der Waals surface area contributed by atoms with E-state index in [2.05, 4.69) is 4.90 Å². The van der Waals surface area contributed by atoms with E-state index in [1.165, 1.54) is 0 Å². The molecule has 0 aromatic rings. The second-order valence-electron chi connectivity index (χ2n) is 3.31. The summed E-state index contributed by atoms with van der Waals surface area (Å²) in [7, 11) is 0. The maximum Gasteiger partial charge on any atom is 0.323 e.